The average Bonchev–Trinajstić information content (AvgIpc) is 2.18. The molecule has 0 amide bonds. The first-order valence-corrected chi connectivity index (χ1v) is 4.59. The summed E-state index contributed by atoms with van der Waals surface area (Å²) in [7, 11) is 0. The van der Waals surface area contributed by atoms with Gasteiger partial charge in [-0.05, 0) is 32.9 Å². The maximum absolute atomic E-state index is 11.3. The predicted octanol–water partition coefficient (Wildman–Crippen LogP) is 2.07. The number of Topliss-reactive ketones (excluding diaryl/α,β-unsaturated/α-hetero) is 1. The topological polar surface area (TPSA) is 39.2 Å². The first-order valence-electron chi connectivity index (χ1n) is 4.59. The standard InChI is InChI=1S/C12H13NO2/c1-5-12(3,4)15-11-10(9(2)14)7-6-8-13-11/h1,6-8H,2-4H3. The van der Waals surface area contributed by atoms with Crippen molar-refractivity contribution in [3.05, 3.63) is 23.9 Å². The van der Waals surface area contributed by atoms with E-state index in [2.05, 4.69) is 10.9 Å². The van der Waals surface area contributed by atoms with Crippen LogP contribution in [-0.2, 0) is 0 Å². The van der Waals surface area contributed by atoms with E-state index < -0.39 is 5.60 Å². The Bertz CT molecular complexity index is 416. The fraction of sp³-hybridized carbons (Fsp3) is 0.333. The highest BCUT2D eigenvalue weighted by Gasteiger charge is 2.19. The van der Waals surface area contributed by atoms with Gasteiger partial charge in [0.1, 0.15) is 0 Å². The van der Waals surface area contributed by atoms with Crippen molar-refractivity contribution < 1.29 is 9.53 Å². The van der Waals surface area contributed by atoms with Crippen LogP contribution in [0.15, 0.2) is 18.3 Å². The zero-order chi connectivity index (χ0) is 11.5. The lowest BCUT2D eigenvalue weighted by Crippen LogP contribution is -2.26. The quantitative estimate of drug-likeness (QED) is 0.557. The van der Waals surface area contributed by atoms with Crippen LogP contribution < -0.4 is 4.74 Å². The van der Waals surface area contributed by atoms with Gasteiger partial charge in [0.05, 0.1) is 5.56 Å². The molecule has 1 aromatic heterocycles. The molecule has 3 nitrogen and oxygen atoms in total. The van der Waals surface area contributed by atoms with Crippen LogP contribution in [0.4, 0.5) is 0 Å². The van der Waals surface area contributed by atoms with Gasteiger partial charge in [-0.2, -0.15) is 0 Å². The number of aromatic nitrogens is 1. The lowest BCUT2D eigenvalue weighted by Gasteiger charge is -2.20. The number of carbonyl (C=O) groups excluding carboxylic acids is 1. The average molecular weight is 203 g/mol. The van der Waals surface area contributed by atoms with Gasteiger partial charge < -0.3 is 4.74 Å². The molecule has 1 rings (SSSR count). The molecule has 1 heterocycles. The molecule has 0 aromatic carbocycles. The van der Waals surface area contributed by atoms with Crippen LogP contribution in [0, 0.1) is 12.3 Å². The highest BCUT2D eigenvalue weighted by Crippen LogP contribution is 2.20. The molecule has 78 valence electrons. The molecular formula is C12H13NO2. The van der Waals surface area contributed by atoms with Gasteiger partial charge in [0.25, 0.3) is 0 Å². The zero-order valence-corrected chi connectivity index (χ0v) is 9.07. The molecule has 0 radical (unpaired) electrons. The second kappa shape index (κ2) is 4.14. The van der Waals surface area contributed by atoms with E-state index in [4.69, 9.17) is 11.2 Å². The number of ether oxygens (including phenoxy) is 1. The summed E-state index contributed by atoms with van der Waals surface area (Å²) >= 11 is 0. The van der Waals surface area contributed by atoms with Gasteiger partial charge in [-0.1, -0.05) is 5.92 Å². The second-order valence-corrected chi connectivity index (χ2v) is 3.67. The minimum Gasteiger partial charge on any atom is -0.458 e. The van der Waals surface area contributed by atoms with Crippen LogP contribution >= 0.6 is 0 Å². The van der Waals surface area contributed by atoms with Crippen LogP contribution in [0.25, 0.3) is 0 Å². The predicted molar refractivity (Wildman–Crippen MR) is 57.8 cm³/mol. The lowest BCUT2D eigenvalue weighted by atomic mass is 10.1. The second-order valence-electron chi connectivity index (χ2n) is 3.67. The number of carbonyl (C=O) groups is 1. The van der Waals surface area contributed by atoms with Crippen LogP contribution in [0.3, 0.4) is 0 Å². The van der Waals surface area contributed by atoms with Gasteiger partial charge in [-0.25, -0.2) is 4.98 Å². The summed E-state index contributed by atoms with van der Waals surface area (Å²) in [5.41, 5.74) is -0.320. The van der Waals surface area contributed by atoms with E-state index in [0.29, 0.717) is 5.56 Å². The first kappa shape index (κ1) is 11.3. The first-order chi connectivity index (χ1) is 6.96. The Morgan fingerprint density at radius 2 is 2.27 bits per heavy atom. The molecule has 15 heavy (non-hydrogen) atoms. The van der Waals surface area contributed by atoms with E-state index in [9.17, 15) is 4.79 Å². The van der Waals surface area contributed by atoms with Gasteiger partial charge in [0, 0.05) is 6.20 Å². The highest BCUT2D eigenvalue weighted by molar-refractivity contribution is 5.96. The Morgan fingerprint density at radius 1 is 1.60 bits per heavy atom. The third kappa shape index (κ3) is 2.81. The summed E-state index contributed by atoms with van der Waals surface area (Å²) in [6.07, 6.45) is 6.86. The largest absolute Gasteiger partial charge is 0.458 e. The van der Waals surface area contributed by atoms with Crippen molar-refractivity contribution in [3.63, 3.8) is 0 Å². The molecule has 1 aromatic rings. The smallest absolute Gasteiger partial charge is 0.225 e. The van der Waals surface area contributed by atoms with Crippen LogP contribution in [0.1, 0.15) is 31.1 Å². The third-order valence-electron chi connectivity index (χ3n) is 1.85. The maximum atomic E-state index is 11.3. The van der Waals surface area contributed by atoms with Crippen LogP contribution in [0.2, 0.25) is 0 Å². The van der Waals surface area contributed by atoms with E-state index in [0.717, 1.165) is 0 Å². The van der Waals surface area contributed by atoms with Crippen molar-refractivity contribution >= 4 is 5.78 Å². The Hall–Kier alpha value is -1.82. The molecule has 0 saturated carbocycles. The summed E-state index contributed by atoms with van der Waals surface area (Å²) in [6.45, 7) is 4.95. The van der Waals surface area contributed by atoms with Gasteiger partial charge in [-0.3, -0.25) is 4.79 Å². The molecule has 0 bridgehead atoms. The van der Waals surface area contributed by atoms with Gasteiger partial charge in [-0.15, -0.1) is 6.42 Å². The summed E-state index contributed by atoms with van der Waals surface area (Å²) in [4.78, 5) is 15.3. The number of pyridine rings is 1. The minimum atomic E-state index is -0.765. The molecule has 0 unspecified atom stereocenters. The molecule has 0 atom stereocenters. The van der Waals surface area contributed by atoms with Gasteiger partial charge in [0.15, 0.2) is 11.4 Å². The van der Waals surface area contributed by atoms with Gasteiger partial charge >= 0.3 is 0 Å². The van der Waals surface area contributed by atoms with E-state index >= 15 is 0 Å². The Labute approximate surface area is 89.5 Å². The van der Waals surface area contributed by atoms with E-state index in [1.165, 1.54) is 6.92 Å². The summed E-state index contributed by atoms with van der Waals surface area (Å²) < 4.78 is 5.48. The molecule has 0 spiro atoms. The number of hydrogen-bond acceptors (Lipinski definition) is 3. The number of terminal acetylenes is 1. The number of nitrogens with zero attached hydrogens (tertiary/aromatic N) is 1. The zero-order valence-electron chi connectivity index (χ0n) is 9.07. The summed E-state index contributed by atoms with van der Waals surface area (Å²) in [5, 5.41) is 0. The maximum Gasteiger partial charge on any atom is 0.225 e. The molecule has 0 aliphatic rings. The number of hydrogen-bond donors (Lipinski definition) is 0. The fourth-order valence-corrected chi connectivity index (χ4v) is 1.01. The Balaban J connectivity index is 3.06. The number of rotatable bonds is 3. The highest BCUT2D eigenvalue weighted by atomic mass is 16.5. The number of ketones is 1. The van der Waals surface area contributed by atoms with Crippen LogP contribution in [-0.4, -0.2) is 16.4 Å². The van der Waals surface area contributed by atoms with Crippen molar-refractivity contribution in [2.24, 2.45) is 0 Å². The fourth-order valence-electron chi connectivity index (χ4n) is 1.01. The van der Waals surface area contributed by atoms with E-state index in [1.807, 2.05) is 0 Å². The Morgan fingerprint density at radius 3 is 2.80 bits per heavy atom. The SMILES string of the molecule is C#CC(C)(C)Oc1ncccc1C(C)=O. The molecule has 0 fully saturated rings. The summed E-state index contributed by atoms with van der Waals surface area (Å²) in [6, 6.07) is 3.35. The van der Waals surface area contributed by atoms with Crippen molar-refractivity contribution in [1.29, 1.82) is 0 Å². The van der Waals surface area contributed by atoms with Gasteiger partial charge in [0.2, 0.25) is 5.88 Å². The monoisotopic (exact) mass is 203 g/mol. The molecule has 0 N–H and O–H groups in total. The molecule has 3 heteroatoms. The van der Waals surface area contributed by atoms with Crippen molar-refractivity contribution in [1.82, 2.24) is 4.98 Å². The summed E-state index contributed by atoms with van der Waals surface area (Å²) in [5.74, 6) is 2.68. The van der Waals surface area contributed by atoms with Crippen molar-refractivity contribution in [2.75, 3.05) is 0 Å². The molecule has 0 aliphatic heterocycles. The molecular weight excluding hydrogens is 190 g/mol. The minimum absolute atomic E-state index is 0.0917. The normalized spacial score (nSPS) is 10.5. The van der Waals surface area contributed by atoms with E-state index in [1.54, 1.807) is 32.2 Å². The Kier molecular flexibility index (Phi) is 3.11. The van der Waals surface area contributed by atoms with Crippen molar-refractivity contribution in [2.45, 2.75) is 26.4 Å². The van der Waals surface area contributed by atoms with Crippen molar-refractivity contribution in [3.8, 4) is 18.2 Å². The van der Waals surface area contributed by atoms with Crippen LogP contribution in [0.5, 0.6) is 5.88 Å². The lowest BCUT2D eigenvalue weighted by molar-refractivity contribution is 0.1000. The molecule has 0 aliphatic carbocycles. The third-order valence-corrected chi connectivity index (χ3v) is 1.85. The molecule has 0 saturated heterocycles. The van der Waals surface area contributed by atoms with E-state index in [-0.39, 0.29) is 11.7 Å².